The van der Waals surface area contributed by atoms with Crippen molar-refractivity contribution in [2.75, 3.05) is 26.4 Å². The number of carbonyl (C=O) groups excluding carboxylic acids is 3. The maximum Gasteiger partial charge on any atom is 1.00 e. The summed E-state index contributed by atoms with van der Waals surface area (Å²) >= 11 is 0. The number of rotatable bonds is 23. The molecule has 0 radical (unpaired) electrons. The number of carbonyl (C=O) groups is 3. The fraction of sp³-hybridized carbons (Fsp3) is 0.808. The van der Waals surface area contributed by atoms with E-state index in [0.717, 1.165) is 38.5 Å². The van der Waals surface area contributed by atoms with Crippen LogP contribution in [0.5, 0.6) is 0 Å². The van der Waals surface area contributed by atoms with Crippen molar-refractivity contribution >= 4 is 28.0 Å². The summed E-state index contributed by atoms with van der Waals surface area (Å²) in [5.41, 5.74) is 0. The van der Waals surface area contributed by atoms with Gasteiger partial charge in [-0.1, -0.05) is 64.0 Å². The zero-order chi connectivity index (χ0) is 29.9. The van der Waals surface area contributed by atoms with Crippen LogP contribution in [-0.2, 0) is 34.0 Å². The smallest absolute Gasteiger partial charge is 0.550 e. The Morgan fingerprint density at radius 2 is 1.48 bits per heavy atom. The van der Waals surface area contributed by atoms with E-state index in [-0.39, 0.29) is 55.3 Å². The third-order valence-corrected chi connectivity index (χ3v) is 6.46. The van der Waals surface area contributed by atoms with Crippen molar-refractivity contribution in [3.8, 4) is 0 Å². The largest absolute Gasteiger partial charge is 1.00 e. The molecule has 4 N–H and O–H groups in total. The Morgan fingerprint density at radius 3 is 2.02 bits per heavy atom. The van der Waals surface area contributed by atoms with Gasteiger partial charge in [-0.25, -0.2) is 0 Å². The second-order valence-corrected chi connectivity index (χ2v) is 10.5. The minimum absolute atomic E-state index is 0. The molecule has 0 amide bonds. The number of aliphatic carboxylic acids is 1. The summed E-state index contributed by atoms with van der Waals surface area (Å²) in [5.74, 6) is -4.47. The SMILES string of the molecule is CCCCCC[C@@H](O)C/C=C\CCCCCCCC(=O)OC(=O)C(CC(=O)[O-])S(=O)(=O)O.OCCOCCO.[Na+]. The van der Waals surface area contributed by atoms with E-state index >= 15 is 0 Å². The molecule has 0 bridgehead atoms. The van der Waals surface area contributed by atoms with E-state index in [9.17, 15) is 33.0 Å². The number of aliphatic hydroxyl groups excluding tert-OH is 3. The maximum absolute atomic E-state index is 11.6. The second-order valence-electron chi connectivity index (χ2n) is 8.95. The molecule has 0 aliphatic rings. The fourth-order valence-corrected chi connectivity index (χ4v) is 3.92. The minimum Gasteiger partial charge on any atom is -0.550 e. The van der Waals surface area contributed by atoms with Crippen molar-refractivity contribution in [2.45, 2.75) is 108 Å². The Hall–Kier alpha value is -0.900. The molecule has 0 heterocycles. The van der Waals surface area contributed by atoms with Crippen molar-refractivity contribution in [1.82, 2.24) is 0 Å². The average Bonchev–Trinajstić information content (AvgIpc) is 2.86. The van der Waals surface area contributed by atoms with Crippen molar-refractivity contribution in [2.24, 2.45) is 0 Å². The molecule has 2 atom stereocenters. The van der Waals surface area contributed by atoms with Gasteiger partial charge in [-0.3, -0.25) is 14.1 Å². The van der Waals surface area contributed by atoms with E-state index < -0.39 is 39.7 Å². The van der Waals surface area contributed by atoms with Crippen LogP contribution in [0, 0.1) is 0 Å². The molecule has 0 aromatic carbocycles. The summed E-state index contributed by atoms with van der Waals surface area (Å²) in [6.07, 6.45) is 13.4. The molecular formula is C26H47NaO12S. The van der Waals surface area contributed by atoms with E-state index in [2.05, 4.69) is 22.5 Å². The van der Waals surface area contributed by atoms with Gasteiger partial charge in [0.2, 0.25) is 0 Å². The molecule has 0 rings (SSSR count). The minimum atomic E-state index is -5.03. The van der Waals surface area contributed by atoms with Crippen LogP contribution in [0.2, 0.25) is 0 Å². The average molecular weight is 607 g/mol. The zero-order valence-electron chi connectivity index (χ0n) is 24.0. The van der Waals surface area contributed by atoms with E-state index in [1.807, 2.05) is 6.08 Å². The summed E-state index contributed by atoms with van der Waals surface area (Å²) in [7, 11) is -5.03. The summed E-state index contributed by atoms with van der Waals surface area (Å²) in [6, 6.07) is 0. The van der Waals surface area contributed by atoms with Crippen molar-refractivity contribution < 1.29 is 86.8 Å². The Balaban J connectivity index is -0.00000150. The molecule has 230 valence electrons. The molecule has 14 heteroatoms. The number of esters is 2. The number of aliphatic hydroxyl groups is 3. The third-order valence-electron chi connectivity index (χ3n) is 5.38. The molecular weight excluding hydrogens is 559 g/mol. The zero-order valence-corrected chi connectivity index (χ0v) is 26.8. The predicted molar refractivity (Wildman–Crippen MR) is 142 cm³/mol. The van der Waals surface area contributed by atoms with Crippen LogP contribution in [0.15, 0.2) is 12.2 Å². The van der Waals surface area contributed by atoms with Gasteiger partial charge in [0, 0.05) is 18.8 Å². The van der Waals surface area contributed by atoms with Gasteiger partial charge in [0.1, 0.15) is 0 Å². The predicted octanol–water partition coefficient (Wildman–Crippen LogP) is -1.55. The normalized spacial score (nSPS) is 12.6. The van der Waals surface area contributed by atoms with Gasteiger partial charge in [0.25, 0.3) is 10.1 Å². The number of hydrogen-bond acceptors (Lipinski definition) is 11. The molecule has 0 aliphatic heterocycles. The van der Waals surface area contributed by atoms with Gasteiger partial charge in [-0.05, 0) is 32.1 Å². The molecule has 1 unspecified atom stereocenters. The van der Waals surface area contributed by atoms with Crippen LogP contribution >= 0.6 is 0 Å². The van der Waals surface area contributed by atoms with E-state index in [0.29, 0.717) is 32.5 Å². The third kappa shape index (κ3) is 30.1. The van der Waals surface area contributed by atoms with Crippen LogP contribution in [-0.4, -0.2) is 84.0 Å². The number of hydrogen-bond donors (Lipinski definition) is 4. The molecule has 0 aliphatic carbocycles. The molecule has 40 heavy (non-hydrogen) atoms. The van der Waals surface area contributed by atoms with Gasteiger partial charge in [-0.2, -0.15) is 8.42 Å². The Labute approximate surface area is 260 Å². The maximum atomic E-state index is 11.6. The Morgan fingerprint density at radius 1 is 0.900 bits per heavy atom. The molecule has 12 nitrogen and oxygen atoms in total. The van der Waals surface area contributed by atoms with Gasteiger partial charge in [-0.15, -0.1) is 0 Å². The van der Waals surface area contributed by atoms with Gasteiger partial charge in [0.05, 0.1) is 32.5 Å². The Bertz CT molecular complexity index is 770. The Kier molecular flexibility index (Phi) is 32.2. The summed E-state index contributed by atoms with van der Waals surface area (Å²) < 4.78 is 40.0. The van der Waals surface area contributed by atoms with E-state index in [1.54, 1.807) is 0 Å². The number of carboxylic acids is 1. The molecule has 0 spiro atoms. The van der Waals surface area contributed by atoms with E-state index in [4.69, 9.17) is 14.8 Å². The van der Waals surface area contributed by atoms with Gasteiger partial charge in [0.15, 0.2) is 5.25 Å². The number of carboxylic acid groups (broad SMARTS) is 1. The standard InChI is InChI=1S/C22H38O9S.C4H10O3.Na/c1-2-3-4-11-14-18(23)15-12-9-7-5-6-8-10-13-16-21(26)31-22(27)19(17-20(24)25)32(28,29)30;5-1-3-7-4-2-6;/h9,12,18-19,23H,2-8,10-11,13-17H2,1H3,(H,24,25)(H,28,29,30);5-6H,1-4H2;/q;;+1/p-1/b12-9-;;/t18-,19?;;/m1../s1. The molecule has 0 aromatic rings. The summed E-state index contributed by atoms with van der Waals surface area (Å²) in [6.45, 7) is 2.85. The fourth-order valence-electron chi connectivity index (χ4n) is 3.28. The monoisotopic (exact) mass is 606 g/mol. The first kappa shape index (κ1) is 43.6. The van der Waals surface area contributed by atoms with Crippen LogP contribution < -0.4 is 34.7 Å². The quantitative estimate of drug-likeness (QED) is 0.0260. The van der Waals surface area contributed by atoms with Gasteiger partial charge < -0.3 is 34.7 Å². The van der Waals surface area contributed by atoms with Crippen LogP contribution in [0.4, 0.5) is 0 Å². The van der Waals surface area contributed by atoms with Crippen molar-refractivity contribution in [1.29, 1.82) is 0 Å². The summed E-state index contributed by atoms with van der Waals surface area (Å²) in [5, 5.41) is 34.2. The molecule has 0 fully saturated rings. The first-order chi connectivity index (χ1) is 18.5. The van der Waals surface area contributed by atoms with Crippen molar-refractivity contribution in [3.63, 3.8) is 0 Å². The number of ether oxygens (including phenoxy) is 2. The van der Waals surface area contributed by atoms with Crippen molar-refractivity contribution in [3.05, 3.63) is 12.2 Å². The van der Waals surface area contributed by atoms with Gasteiger partial charge >= 0.3 is 41.5 Å². The first-order valence-corrected chi connectivity index (χ1v) is 15.0. The molecule has 0 aromatic heterocycles. The summed E-state index contributed by atoms with van der Waals surface area (Å²) in [4.78, 5) is 33.7. The van der Waals surface area contributed by atoms with Crippen LogP contribution in [0.3, 0.4) is 0 Å². The number of unbranched alkanes of at least 4 members (excludes halogenated alkanes) is 8. The second kappa shape index (κ2) is 29.6. The number of allylic oxidation sites excluding steroid dienone is 1. The van der Waals surface area contributed by atoms with Crippen LogP contribution in [0.25, 0.3) is 0 Å². The van der Waals surface area contributed by atoms with E-state index in [1.165, 1.54) is 19.3 Å². The topological polar surface area (TPSA) is 208 Å². The molecule has 0 saturated heterocycles. The first-order valence-electron chi connectivity index (χ1n) is 13.5. The molecule has 0 saturated carbocycles. The van der Waals surface area contributed by atoms with Crippen LogP contribution in [0.1, 0.15) is 96.8 Å².